The average Bonchev–Trinajstić information content (AvgIpc) is 2.45. The molecule has 2 unspecified atom stereocenters. The van der Waals surface area contributed by atoms with E-state index in [9.17, 15) is 0 Å². The van der Waals surface area contributed by atoms with E-state index >= 15 is 0 Å². The number of rotatable bonds is 6. The van der Waals surface area contributed by atoms with Crippen LogP contribution in [0.4, 0.5) is 0 Å². The number of nitrogens with one attached hydrogen (secondary N) is 1. The molecule has 4 heteroatoms. The number of pyridine rings is 1. The van der Waals surface area contributed by atoms with E-state index in [0.29, 0.717) is 11.3 Å². The van der Waals surface area contributed by atoms with Gasteiger partial charge in [0, 0.05) is 17.5 Å². The highest BCUT2D eigenvalue weighted by atomic mass is 32.2. The van der Waals surface area contributed by atoms with E-state index in [2.05, 4.69) is 35.1 Å². The third kappa shape index (κ3) is 4.38. The van der Waals surface area contributed by atoms with Crippen LogP contribution < -0.4 is 10.1 Å². The fourth-order valence-electron chi connectivity index (χ4n) is 2.65. The van der Waals surface area contributed by atoms with Gasteiger partial charge in [-0.1, -0.05) is 13.3 Å². The van der Waals surface area contributed by atoms with Gasteiger partial charge < -0.3 is 10.1 Å². The highest BCUT2D eigenvalue weighted by Gasteiger charge is 2.25. The quantitative estimate of drug-likeness (QED) is 0.865. The van der Waals surface area contributed by atoms with Crippen molar-refractivity contribution in [2.45, 2.75) is 57.4 Å². The Hall–Kier alpha value is -0.740. The molecule has 1 saturated heterocycles. The molecule has 1 N–H and O–H groups in total. The molecule has 1 aromatic rings. The highest BCUT2D eigenvalue weighted by molar-refractivity contribution is 8.00. The Morgan fingerprint density at radius 2 is 2.25 bits per heavy atom. The maximum atomic E-state index is 5.77. The first-order valence-corrected chi connectivity index (χ1v) is 8.72. The van der Waals surface area contributed by atoms with Gasteiger partial charge >= 0.3 is 0 Å². The second-order valence-electron chi connectivity index (χ2n) is 5.56. The summed E-state index contributed by atoms with van der Waals surface area (Å²) >= 11 is 2.09. The van der Waals surface area contributed by atoms with Crippen LogP contribution in [-0.2, 0) is 0 Å². The zero-order valence-corrected chi connectivity index (χ0v) is 13.6. The maximum Gasteiger partial charge on any atom is 0.138 e. The second-order valence-corrected chi connectivity index (χ2v) is 6.91. The number of nitrogens with zero attached hydrogens (tertiary/aromatic N) is 1. The van der Waals surface area contributed by atoms with Crippen LogP contribution in [0.1, 0.15) is 51.6 Å². The van der Waals surface area contributed by atoms with Gasteiger partial charge in [-0.3, -0.25) is 4.98 Å². The molecule has 0 aliphatic carbocycles. The molecule has 3 nitrogen and oxygen atoms in total. The molecule has 2 rings (SSSR count). The summed E-state index contributed by atoms with van der Waals surface area (Å²) in [5.74, 6) is 2.16. The predicted octanol–water partition coefficient (Wildman–Crippen LogP) is 3.81. The Labute approximate surface area is 126 Å². The lowest BCUT2D eigenvalue weighted by Crippen LogP contribution is -2.31. The number of thioether (sulfide) groups is 1. The van der Waals surface area contributed by atoms with Crippen LogP contribution in [0, 0.1) is 0 Å². The lowest BCUT2D eigenvalue weighted by molar-refractivity contribution is 0.241. The molecule has 2 heterocycles. The Kier molecular flexibility index (Phi) is 6.17. The molecule has 1 aromatic heterocycles. The summed E-state index contributed by atoms with van der Waals surface area (Å²) in [6.45, 7) is 7.25. The standard InChI is InChI=1S/C16H26N2OS/c1-4-18-16(15-7-5-6-8-20-15)13-9-14(11-17-10-13)19-12(2)3/h9-12,15-16,18H,4-8H2,1-3H3. The van der Waals surface area contributed by atoms with Gasteiger partial charge in [0.25, 0.3) is 0 Å². The predicted molar refractivity (Wildman–Crippen MR) is 86.5 cm³/mol. The number of hydrogen-bond donors (Lipinski definition) is 1. The first-order chi connectivity index (χ1) is 9.70. The first kappa shape index (κ1) is 15.6. The van der Waals surface area contributed by atoms with Gasteiger partial charge in [-0.05, 0) is 50.6 Å². The Morgan fingerprint density at radius 1 is 1.40 bits per heavy atom. The van der Waals surface area contributed by atoms with E-state index in [1.54, 1.807) is 6.20 Å². The van der Waals surface area contributed by atoms with E-state index in [1.165, 1.54) is 30.6 Å². The van der Waals surface area contributed by atoms with Gasteiger partial charge in [-0.2, -0.15) is 11.8 Å². The minimum Gasteiger partial charge on any atom is -0.489 e. The van der Waals surface area contributed by atoms with Gasteiger partial charge in [-0.25, -0.2) is 0 Å². The summed E-state index contributed by atoms with van der Waals surface area (Å²) in [6.07, 6.45) is 7.96. The molecule has 112 valence electrons. The van der Waals surface area contributed by atoms with Crippen molar-refractivity contribution in [3.05, 3.63) is 24.0 Å². The van der Waals surface area contributed by atoms with E-state index in [0.717, 1.165) is 12.3 Å². The van der Waals surface area contributed by atoms with Gasteiger partial charge in [0.1, 0.15) is 5.75 Å². The third-order valence-electron chi connectivity index (χ3n) is 3.48. The summed E-state index contributed by atoms with van der Waals surface area (Å²) in [4.78, 5) is 4.36. The molecule has 0 bridgehead atoms. The Morgan fingerprint density at radius 3 is 2.90 bits per heavy atom. The monoisotopic (exact) mass is 294 g/mol. The van der Waals surface area contributed by atoms with Crippen LogP contribution in [0.25, 0.3) is 0 Å². The first-order valence-electron chi connectivity index (χ1n) is 7.67. The molecule has 0 spiro atoms. The summed E-state index contributed by atoms with van der Waals surface area (Å²) in [5, 5.41) is 4.29. The van der Waals surface area contributed by atoms with E-state index < -0.39 is 0 Å². The lowest BCUT2D eigenvalue weighted by atomic mass is 10.0. The molecular weight excluding hydrogens is 268 g/mol. The van der Waals surface area contributed by atoms with Crippen molar-refractivity contribution in [1.29, 1.82) is 0 Å². The van der Waals surface area contributed by atoms with Crippen molar-refractivity contribution in [3.8, 4) is 5.75 Å². The maximum absolute atomic E-state index is 5.77. The molecule has 1 fully saturated rings. The summed E-state index contributed by atoms with van der Waals surface area (Å²) in [7, 11) is 0. The van der Waals surface area contributed by atoms with Crippen molar-refractivity contribution < 1.29 is 4.74 Å². The molecule has 1 aliphatic rings. The molecule has 2 atom stereocenters. The van der Waals surface area contributed by atoms with Crippen LogP contribution in [-0.4, -0.2) is 28.6 Å². The Balaban J connectivity index is 2.15. The zero-order chi connectivity index (χ0) is 14.4. The minimum atomic E-state index is 0.189. The number of hydrogen-bond acceptors (Lipinski definition) is 4. The fraction of sp³-hybridized carbons (Fsp3) is 0.688. The molecule has 0 saturated carbocycles. The third-order valence-corrected chi connectivity index (χ3v) is 4.94. The largest absolute Gasteiger partial charge is 0.489 e. The van der Waals surface area contributed by atoms with E-state index in [-0.39, 0.29) is 6.10 Å². The molecule has 0 aromatic carbocycles. The smallest absolute Gasteiger partial charge is 0.138 e. The van der Waals surface area contributed by atoms with Crippen LogP contribution in [0.5, 0.6) is 5.75 Å². The topological polar surface area (TPSA) is 34.2 Å². The lowest BCUT2D eigenvalue weighted by Gasteiger charge is -2.30. The number of ether oxygens (including phenoxy) is 1. The Bertz CT molecular complexity index is 405. The van der Waals surface area contributed by atoms with Gasteiger partial charge in [0.05, 0.1) is 12.3 Å². The SMILES string of the molecule is CCNC(c1cncc(OC(C)C)c1)C1CCCCS1. The molecule has 0 radical (unpaired) electrons. The summed E-state index contributed by atoms with van der Waals surface area (Å²) < 4.78 is 5.77. The van der Waals surface area contributed by atoms with Crippen LogP contribution >= 0.6 is 11.8 Å². The van der Waals surface area contributed by atoms with Crippen molar-refractivity contribution in [2.24, 2.45) is 0 Å². The summed E-state index contributed by atoms with van der Waals surface area (Å²) in [5.41, 5.74) is 1.25. The van der Waals surface area contributed by atoms with Crippen molar-refractivity contribution in [3.63, 3.8) is 0 Å². The molecule has 20 heavy (non-hydrogen) atoms. The van der Waals surface area contributed by atoms with Gasteiger partial charge in [-0.15, -0.1) is 0 Å². The van der Waals surface area contributed by atoms with Crippen molar-refractivity contribution >= 4 is 11.8 Å². The summed E-state index contributed by atoms with van der Waals surface area (Å²) in [6, 6.07) is 2.53. The van der Waals surface area contributed by atoms with Crippen molar-refractivity contribution in [2.75, 3.05) is 12.3 Å². The average molecular weight is 294 g/mol. The van der Waals surface area contributed by atoms with E-state index in [4.69, 9.17) is 4.74 Å². The normalized spacial score (nSPS) is 20.9. The number of aromatic nitrogens is 1. The van der Waals surface area contributed by atoms with Gasteiger partial charge in [0.15, 0.2) is 0 Å². The van der Waals surface area contributed by atoms with Crippen LogP contribution in [0.3, 0.4) is 0 Å². The van der Waals surface area contributed by atoms with Gasteiger partial charge in [0.2, 0.25) is 0 Å². The van der Waals surface area contributed by atoms with E-state index in [1.807, 2.05) is 20.0 Å². The highest BCUT2D eigenvalue weighted by Crippen LogP contribution is 2.35. The van der Waals surface area contributed by atoms with Crippen molar-refractivity contribution in [1.82, 2.24) is 10.3 Å². The molecule has 1 aliphatic heterocycles. The molecule has 0 amide bonds. The minimum absolute atomic E-state index is 0.189. The second kappa shape index (κ2) is 7.89. The van der Waals surface area contributed by atoms with Crippen LogP contribution in [0.15, 0.2) is 18.5 Å². The van der Waals surface area contributed by atoms with Crippen LogP contribution in [0.2, 0.25) is 0 Å². The zero-order valence-electron chi connectivity index (χ0n) is 12.8. The fourth-order valence-corrected chi connectivity index (χ4v) is 4.11. The molecular formula is C16H26N2OS.